The van der Waals surface area contributed by atoms with Crippen LogP contribution in [0.5, 0.6) is 0 Å². The Balaban J connectivity index is 1.39. The summed E-state index contributed by atoms with van der Waals surface area (Å²) in [5.41, 5.74) is 2.33. The molecule has 1 saturated carbocycles. The minimum atomic E-state index is -0.303. The molecule has 1 amide bonds. The van der Waals surface area contributed by atoms with Gasteiger partial charge in [-0.2, -0.15) is 0 Å². The summed E-state index contributed by atoms with van der Waals surface area (Å²) in [4.78, 5) is 36.0. The fourth-order valence-corrected chi connectivity index (χ4v) is 5.64. The van der Waals surface area contributed by atoms with E-state index in [1.807, 2.05) is 35.2 Å². The number of likely N-dealkylation sites (tertiary alicyclic amines) is 1. The number of carbonyl (C=O) groups excluding carboxylic acids is 1. The van der Waals surface area contributed by atoms with Crippen LogP contribution in [0.15, 0.2) is 35.1 Å². The predicted octanol–water partition coefficient (Wildman–Crippen LogP) is 3.06. The first-order valence-corrected chi connectivity index (χ1v) is 11.0. The van der Waals surface area contributed by atoms with E-state index in [0.29, 0.717) is 12.4 Å². The van der Waals surface area contributed by atoms with E-state index in [-0.39, 0.29) is 22.3 Å². The smallest absolute Gasteiger partial charge is 0.254 e. The Hall–Kier alpha value is -2.47. The van der Waals surface area contributed by atoms with E-state index >= 15 is 0 Å². The average Bonchev–Trinajstić information content (AvgIpc) is 3.10. The standard InChI is InChI=1S/C24H29N3O3/c1-30-16-24(9-5-10-24)22(29)27-14-12-23(13-15-27)11-8-18-19(23)25-20(26-21(18)28)17-6-3-2-4-7-17/h2-4,6-7H,5,8-16H2,1H3,(H,25,26,28). The molecule has 158 valence electrons. The van der Waals surface area contributed by atoms with Crippen LogP contribution in [0.1, 0.15) is 49.8 Å². The highest BCUT2D eigenvalue weighted by Crippen LogP contribution is 2.47. The molecule has 1 aliphatic heterocycles. The van der Waals surface area contributed by atoms with Gasteiger partial charge < -0.3 is 14.6 Å². The van der Waals surface area contributed by atoms with Crippen molar-refractivity contribution in [3.05, 3.63) is 51.9 Å². The van der Waals surface area contributed by atoms with Crippen LogP contribution in [-0.2, 0) is 21.4 Å². The highest BCUT2D eigenvalue weighted by molar-refractivity contribution is 5.84. The summed E-state index contributed by atoms with van der Waals surface area (Å²) >= 11 is 0. The van der Waals surface area contributed by atoms with Gasteiger partial charge in [0.1, 0.15) is 5.82 Å². The molecular weight excluding hydrogens is 378 g/mol. The molecule has 1 aromatic carbocycles. The number of H-pyrrole nitrogens is 1. The molecule has 0 unspecified atom stereocenters. The van der Waals surface area contributed by atoms with E-state index in [1.165, 1.54) is 0 Å². The van der Waals surface area contributed by atoms with Crippen molar-refractivity contribution < 1.29 is 9.53 Å². The van der Waals surface area contributed by atoms with Crippen molar-refractivity contribution in [3.63, 3.8) is 0 Å². The van der Waals surface area contributed by atoms with Crippen molar-refractivity contribution in [2.24, 2.45) is 5.41 Å². The molecule has 30 heavy (non-hydrogen) atoms. The molecule has 3 aliphatic rings. The summed E-state index contributed by atoms with van der Waals surface area (Å²) in [5, 5.41) is 0. The number of aromatic nitrogens is 2. The first kappa shape index (κ1) is 19.5. The Kier molecular flexibility index (Phi) is 4.77. The van der Waals surface area contributed by atoms with Gasteiger partial charge in [-0.3, -0.25) is 9.59 Å². The largest absolute Gasteiger partial charge is 0.384 e. The third kappa shape index (κ3) is 3.00. The van der Waals surface area contributed by atoms with Crippen molar-refractivity contribution in [1.29, 1.82) is 0 Å². The second-order valence-electron chi connectivity index (χ2n) is 9.25. The summed E-state index contributed by atoms with van der Waals surface area (Å²) in [6, 6.07) is 9.82. The van der Waals surface area contributed by atoms with Crippen LogP contribution in [0, 0.1) is 5.41 Å². The molecule has 6 heteroatoms. The predicted molar refractivity (Wildman–Crippen MR) is 114 cm³/mol. The van der Waals surface area contributed by atoms with Gasteiger partial charge >= 0.3 is 0 Å². The number of nitrogens with zero attached hydrogens (tertiary/aromatic N) is 2. The molecule has 0 radical (unpaired) electrons. The Morgan fingerprint density at radius 1 is 1.13 bits per heavy atom. The zero-order valence-corrected chi connectivity index (χ0v) is 17.6. The first-order valence-electron chi connectivity index (χ1n) is 11.0. The van der Waals surface area contributed by atoms with Crippen molar-refractivity contribution in [1.82, 2.24) is 14.9 Å². The monoisotopic (exact) mass is 407 g/mol. The van der Waals surface area contributed by atoms with Gasteiger partial charge in [-0.25, -0.2) is 4.98 Å². The second kappa shape index (κ2) is 7.34. The fourth-order valence-electron chi connectivity index (χ4n) is 5.64. The van der Waals surface area contributed by atoms with Gasteiger partial charge in [0, 0.05) is 36.7 Å². The Morgan fingerprint density at radius 3 is 2.50 bits per heavy atom. The quantitative estimate of drug-likeness (QED) is 0.845. The Morgan fingerprint density at radius 2 is 1.87 bits per heavy atom. The molecule has 6 nitrogen and oxygen atoms in total. The highest BCUT2D eigenvalue weighted by Gasteiger charge is 2.50. The maximum atomic E-state index is 13.2. The number of methoxy groups -OCH3 is 1. The fraction of sp³-hybridized carbons (Fsp3) is 0.542. The van der Waals surface area contributed by atoms with Gasteiger partial charge in [0.2, 0.25) is 5.91 Å². The van der Waals surface area contributed by atoms with Crippen LogP contribution >= 0.6 is 0 Å². The number of benzene rings is 1. The van der Waals surface area contributed by atoms with Crippen LogP contribution in [0.25, 0.3) is 11.4 Å². The normalized spacial score (nSPS) is 21.3. The van der Waals surface area contributed by atoms with E-state index in [9.17, 15) is 9.59 Å². The third-order valence-corrected chi connectivity index (χ3v) is 7.61. The molecule has 2 fully saturated rings. The lowest BCUT2D eigenvalue weighted by atomic mass is 9.67. The van der Waals surface area contributed by atoms with E-state index < -0.39 is 0 Å². The van der Waals surface area contributed by atoms with E-state index in [1.54, 1.807) is 7.11 Å². The number of fused-ring (bicyclic) bond motifs is 2. The molecule has 0 bridgehead atoms. The summed E-state index contributed by atoms with van der Waals surface area (Å²) < 4.78 is 5.37. The van der Waals surface area contributed by atoms with Gasteiger partial charge in [0.15, 0.2) is 0 Å². The van der Waals surface area contributed by atoms with Crippen molar-refractivity contribution in [3.8, 4) is 11.4 Å². The van der Waals surface area contributed by atoms with Crippen LogP contribution < -0.4 is 5.56 Å². The molecule has 2 heterocycles. The lowest BCUT2D eigenvalue weighted by Crippen LogP contribution is -2.54. The molecule has 1 aromatic heterocycles. The minimum Gasteiger partial charge on any atom is -0.384 e. The minimum absolute atomic E-state index is 0.0113. The molecule has 2 aromatic rings. The number of carbonyl (C=O) groups is 1. The zero-order chi connectivity index (χ0) is 20.8. The summed E-state index contributed by atoms with van der Waals surface area (Å²) in [5.74, 6) is 0.903. The average molecular weight is 408 g/mol. The maximum absolute atomic E-state index is 13.2. The van der Waals surface area contributed by atoms with Crippen LogP contribution in [0.3, 0.4) is 0 Å². The van der Waals surface area contributed by atoms with Gasteiger partial charge in [-0.05, 0) is 38.5 Å². The summed E-state index contributed by atoms with van der Waals surface area (Å²) in [6.45, 7) is 1.99. The van der Waals surface area contributed by atoms with Gasteiger partial charge in [-0.1, -0.05) is 36.8 Å². The first-order chi connectivity index (χ1) is 14.6. The van der Waals surface area contributed by atoms with Crippen LogP contribution in [0.2, 0.25) is 0 Å². The van der Waals surface area contributed by atoms with Gasteiger partial charge in [-0.15, -0.1) is 0 Å². The Labute approximate surface area is 176 Å². The number of ether oxygens (including phenoxy) is 1. The molecule has 5 rings (SSSR count). The van der Waals surface area contributed by atoms with E-state index in [2.05, 4.69) is 4.98 Å². The lowest BCUT2D eigenvalue weighted by Gasteiger charge is -2.46. The zero-order valence-electron chi connectivity index (χ0n) is 17.6. The molecule has 1 spiro atoms. The van der Waals surface area contributed by atoms with Crippen molar-refractivity contribution in [2.45, 2.75) is 50.4 Å². The molecule has 1 saturated heterocycles. The Bertz CT molecular complexity index is 1000. The number of piperidine rings is 1. The lowest BCUT2D eigenvalue weighted by molar-refractivity contribution is -0.153. The number of amides is 1. The number of rotatable bonds is 4. The van der Waals surface area contributed by atoms with Gasteiger partial charge in [0.05, 0.1) is 17.7 Å². The van der Waals surface area contributed by atoms with E-state index in [4.69, 9.17) is 9.72 Å². The number of aromatic amines is 1. The highest BCUT2D eigenvalue weighted by atomic mass is 16.5. The van der Waals surface area contributed by atoms with Crippen LogP contribution in [-0.4, -0.2) is 47.6 Å². The topological polar surface area (TPSA) is 75.3 Å². The molecular formula is C24H29N3O3. The van der Waals surface area contributed by atoms with E-state index in [0.717, 1.165) is 74.9 Å². The molecule has 2 aliphatic carbocycles. The maximum Gasteiger partial charge on any atom is 0.254 e. The number of nitrogens with one attached hydrogen (secondary N) is 1. The number of hydrogen-bond donors (Lipinski definition) is 1. The second-order valence-corrected chi connectivity index (χ2v) is 9.25. The third-order valence-electron chi connectivity index (χ3n) is 7.61. The summed E-state index contributed by atoms with van der Waals surface area (Å²) in [7, 11) is 1.68. The summed E-state index contributed by atoms with van der Waals surface area (Å²) in [6.07, 6.45) is 6.44. The van der Waals surface area contributed by atoms with Crippen molar-refractivity contribution in [2.75, 3.05) is 26.8 Å². The number of hydrogen-bond acceptors (Lipinski definition) is 4. The van der Waals surface area contributed by atoms with Gasteiger partial charge in [0.25, 0.3) is 5.56 Å². The van der Waals surface area contributed by atoms with Crippen LogP contribution in [0.4, 0.5) is 0 Å². The molecule has 1 N–H and O–H groups in total. The SMILES string of the molecule is COCC1(C(=O)N2CCC3(CCc4c3nc(-c3ccccc3)[nH]c4=O)CC2)CCC1. The molecule has 0 atom stereocenters. The van der Waals surface area contributed by atoms with Crippen molar-refractivity contribution >= 4 is 5.91 Å².